The fraction of sp³-hybridized carbons (Fsp3) is 0.786. The number of alkyl halides is 1. The molecule has 0 unspecified atom stereocenters. The monoisotopic (exact) mass is 522 g/mol. The molecule has 4 aliphatic rings. The van der Waals surface area contributed by atoms with Gasteiger partial charge in [-0.25, -0.2) is 0 Å². The average Bonchev–Trinajstić information content (AvgIpc) is 3.04. The molecule has 36 heavy (non-hydrogen) atoms. The Morgan fingerprint density at radius 3 is 2.47 bits per heavy atom. The fourth-order valence-corrected chi connectivity index (χ4v) is 8.89. The molecule has 0 aliphatic heterocycles. The van der Waals surface area contributed by atoms with E-state index in [0.717, 1.165) is 5.57 Å². The third kappa shape index (κ3) is 3.87. The van der Waals surface area contributed by atoms with Gasteiger partial charge in [-0.05, 0) is 54.9 Å². The lowest BCUT2D eigenvalue weighted by Gasteiger charge is -2.61. The first-order chi connectivity index (χ1) is 16.9. The van der Waals surface area contributed by atoms with E-state index in [1.807, 2.05) is 13.8 Å². The minimum Gasteiger partial charge on any atom is -0.457 e. The molecule has 0 radical (unpaired) electrons. The lowest BCUT2D eigenvalue weighted by molar-refractivity contribution is -0.207. The van der Waals surface area contributed by atoms with Crippen LogP contribution in [0.25, 0.3) is 0 Å². The Hall–Kier alpha value is -1.73. The predicted octanol–water partition coefficient (Wildman–Crippen LogP) is 4.17. The number of allylic oxidation sites excluding steroid dienone is 1. The van der Waals surface area contributed by atoms with Crippen LogP contribution in [0.5, 0.6) is 0 Å². The molecule has 3 fully saturated rings. The highest BCUT2D eigenvalue weighted by Gasteiger charge is 2.74. The minimum absolute atomic E-state index is 0.0881. The van der Waals surface area contributed by atoms with Gasteiger partial charge in [0.15, 0.2) is 18.0 Å². The van der Waals surface area contributed by atoms with Crippen LogP contribution in [0.15, 0.2) is 11.6 Å². The van der Waals surface area contributed by atoms with Gasteiger partial charge in [-0.15, -0.1) is 11.6 Å². The summed E-state index contributed by atoms with van der Waals surface area (Å²) in [5.41, 5.74) is -1.75. The van der Waals surface area contributed by atoms with E-state index in [0.29, 0.717) is 25.7 Å². The zero-order valence-electron chi connectivity index (χ0n) is 22.0. The van der Waals surface area contributed by atoms with Gasteiger partial charge in [-0.2, -0.15) is 0 Å². The molecule has 7 nitrogen and oxygen atoms in total. The van der Waals surface area contributed by atoms with E-state index in [1.165, 1.54) is 0 Å². The van der Waals surface area contributed by atoms with Crippen molar-refractivity contribution in [2.45, 2.75) is 96.6 Å². The number of hydrogen-bond acceptors (Lipinski definition) is 7. The molecule has 8 heteroatoms. The van der Waals surface area contributed by atoms with Crippen molar-refractivity contribution < 1.29 is 33.8 Å². The van der Waals surface area contributed by atoms with Crippen LogP contribution in [0.2, 0.25) is 0 Å². The number of fused-ring (bicyclic) bond motifs is 5. The van der Waals surface area contributed by atoms with Gasteiger partial charge in [-0.3, -0.25) is 19.2 Å². The van der Waals surface area contributed by atoms with E-state index in [9.17, 15) is 24.3 Å². The van der Waals surface area contributed by atoms with Crippen molar-refractivity contribution in [1.82, 2.24) is 0 Å². The van der Waals surface area contributed by atoms with Crippen molar-refractivity contribution in [1.29, 1.82) is 0 Å². The number of aliphatic hydroxyl groups excluding tert-OH is 1. The molecule has 4 aliphatic carbocycles. The molecule has 0 saturated heterocycles. The van der Waals surface area contributed by atoms with Crippen LogP contribution in [0, 0.1) is 34.5 Å². The molecule has 200 valence electrons. The standard InChI is InChI=1S/C28H39ClO7/c1-6-22(33)35-14-21(32)28(36-23(34)7-2)15(3)10-18-24-19(29)12-16-11-17(30)8-9-26(16,4)25(24)20(31)13-27(18,28)5/h11,15,18-20,24-25,31H,6-10,12-14H2,1-5H3/t15-,18+,19-,20+,24-,25+,26+,27+,28+/m1/s1. The van der Waals surface area contributed by atoms with Gasteiger partial charge in [0.05, 0.1) is 6.10 Å². The molecular weight excluding hydrogens is 484 g/mol. The highest BCUT2D eigenvalue weighted by Crippen LogP contribution is 2.70. The summed E-state index contributed by atoms with van der Waals surface area (Å²) in [6.07, 6.45) is 3.70. The number of Topliss-reactive ketones (excluding diaryl/α,β-unsaturated/α-hetero) is 1. The number of hydrogen-bond donors (Lipinski definition) is 1. The van der Waals surface area contributed by atoms with Crippen molar-refractivity contribution in [2.75, 3.05) is 6.61 Å². The van der Waals surface area contributed by atoms with Crippen molar-refractivity contribution in [3.63, 3.8) is 0 Å². The summed E-state index contributed by atoms with van der Waals surface area (Å²) >= 11 is 7.06. The van der Waals surface area contributed by atoms with Gasteiger partial charge in [0.1, 0.15) is 0 Å². The van der Waals surface area contributed by atoms with Crippen LogP contribution in [0.3, 0.4) is 0 Å². The third-order valence-corrected chi connectivity index (χ3v) is 10.5. The second kappa shape index (κ2) is 9.54. The molecule has 0 heterocycles. The third-order valence-electron chi connectivity index (χ3n) is 10.1. The van der Waals surface area contributed by atoms with Crippen LogP contribution in [0.4, 0.5) is 0 Å². The van der Waals surface area contributed by atoms with Crippen LogP contribution in [0.1, 0.15) is 79.6 Å². The van der Waals surface area contributed by atoms with Crippen molar-refractivity contribution in [2.24, 2.45) is 34.5 Å². The molecule has 3 saturated carbocycles. The second-order valence-corrected chi connectivity index (χ2v) is 12.4. The van der Waals surface area contributed by atoms with E-state index in [4.69, 9.17) is 21.1 Å². The first-order valence-corrected chi connectivity index (χ1v) is 13.8. The second-order valence-electron chi connectivity index (χ2n) is 11.8. The summed E-state index contributed by atoms with van der Waals surface area (Å²) in [5.74, 6) is -2.04. The zero-order chi connectivity index (χ0) is 26.6. The van der Waals surface area contributed by atoms with Crippen molar-refractivity contribution >= 4 is 35.1 Å². The van der Waals surface area contributed by atoms with Crippen LogP contribution in [-0.4, -0.2) is 52.3 Å². The summed E-state index contributed by atoms with van der Waals surface area (Å²) in [6.45, 7) is 8.83. The van der Waals surface area contributed by atoms with Gasteiger partial charge < -0.3 is 14.6 Å². The normalized spacial score (nSPS) is 43.5. The summed E-state index contributed by atoms with van der Waals surface area (Å²) < 4.78 is 11.3. The zero-order valence-corrected chi connectivity index (χ0v) is 22.7. The minimum atomic E-state index is -1.53. The maximum atomic E-state index is 13.9. The first kappa shape index (κ1) is 27.3. The molecular formula is C28H39ClO7. The van der Waals surface area contributed by atoms with Gasteiger partial charge in [-0.1, -0.05) is 40.2 Å². The number of ketones is 2. The number of rotatable bonds is 6. The number of carbonyl (C=O) groups excluding carboxylic acids is 4. The van der Waals surface area contributed by atoms with E-state index in [-0.39, 0.29) is 59.5 Å². The van der Waals surface area contributed by atoms with Crippen molar-refractivity contribution in [3.05, 3.63) is 11.6 Å². The highest BCUT2D eigenvalue weighted by atomic mass is 35.5. The summed E-state index contributed by atoms with van der Waals surface area (Å²) in [6, 6.07) is 0. The molecule has 0 spiro atoms. The molecule has 0 aromatic heterocycles. The smallest absolute Gasteiger partial charge is 0.306 e. The van der Waals surface area contributed by atoms with Crippen molar-refractivity contribution in [3.8, 4) is 0 Å². The molecule has 1 N–H and O–H groups in total. The number of ether oxygens (including phenoxy) is 2. The molecule has 0 bridgehead atoms. The van der Waals surface area contributed by atoms with Gasteiger partial charge in [0.2, 0.25) is 5.78 Å². The number of aliphatic hydroxyl groups is 1. The summed E-state index contributed by atoms with van der Waals surface area (Å²) in [5, 5.41) is 11.4. The Labute approximate surface area is 218 Å². The van der Waals surface area contributed by atoms with Gasteiger partial charge in [0, 0.05) is 36.0 Å². The fourth-order valence-electron chi connectivity index (χ4n) is 8.39. The highest BCUT2D eigenvalue weighted by molar-refractivity contribution is 6.21. The largest absolute Gasteiger partial charge is 0.457 e. The number of carbonyl (C=O) groups is 4. The van der Waals surface area contributed by atoms with E-state index >= 15 is 0 Å². The van der Waals surface area contributed by atoms with Crippen LogP contribution < -0.4 is 0 Å². The molecule has 4 rings (SSSR count). The summed E-state index contributed by atoms with van der Waals surface area (Å²) in [7, 11) is 0. The van der Waals surface area contributed by atoms with Crippen LogP contribution >= 0.6 is 11.6 Å². The molecule has 0 aromatic rings. The molecule has 0 aromatic carbocycles. The Kier molecular flexibility index (Phi) is 7.24. The SMILES string of the molecule is CCC(=O)OCC(=O)[C@@]1(OC(=O)CC)[C@H](C)C[C@H]2[C@H]3[C@H]([C@@H](O)C[C@@]21C)[C@@]1(C)CCC(=O)C=C1C[C@H]3Cl. The predicted molar refractivity (Wildman–Crippen MR) is 133 cm³/mol. The quantitative estimate of drug-likeness (QED) is 0.412. The maximum absolute atomic E-state index is 13.9. The molecule has 0 amide bonds. The first-order valence-electron chi connectivity index (χ1n) is 13.3. The number of halogens is 1. The van der Waals surface area contributed by atoms with Gasteiger partial charge >= 0.3 is 11.9 Å². The lowest BCUT2D eigenvalue weighted by atomic mass is 9.45. The van der Waals surface area contributed by atoms with E-state index < -0.39 is 41.4 Å². The van der Waals surface area contributed by atoms with E-state index in [1.54, 1.807) is 19.9 Å². The van der Waals surface area contributed by atoms with E-state index in [2.05, 4.69) is 6.92 Å². The summed E-state index contributed by atoms with van der Waals surface area (Å²) in [4.78, 5) is 50.7. The van der Waals surface area contributed by atoms with Gasteiger partial charge in [0.25, 0.3) is 0 Å². The molecule has 9 atom stereocenters. The average molecular weight is 523 g/mol. The lowest BCUT2D eigenvalue weighted by Crippen LogP contribution is -2.65. The van der Waals surface area contributed by atoms with Crippen LogP contribution in [-0.2, 0) is 28.7 Å². The topological polar surface area (TPSA) is 107 Å². The Morgan fingerprint density at radius 2 is 1.83 bits per heavy atom. The number of esters is 2. The Morgan fingerprint density at radius 1 is 1.17 bits per heavy atom. The Balaban J connectivity index is 1.79. The maximum Gasteiger partial charge on any atom is 0.306 e. The Bertz CT molecular complexity index is 990.